The van der Waals surface area contributed by atoms with E-state index in [0.717, 1.165) is 54.0 Å². The lowest BCUT2D eigenvalue weighted by molar-refractivity contribution is -0.144. The summed E-state index contributed by atoms with van der Waals surface area (Å²) in [6.45, 7) is 3.32. The number of carbonyl (C=O) groups is 1. The SMILES string of the molecule is CO[C@@H](Cc1ccc(OCCc2nc(-c3ccccc3)oc2C)c2c1CCC2)C(=O)N1COC[C@@H]1Cc1ccccc1. The lowest BCUT2D eigenvalue weighted by Gasteiger charge is -2.27. The molecule has 42 heavy (non-hydrogen) atoms. The van der Waals surface area contributed by atoms with E-state index in [1.165, 1.54) is 16.7 Å². The molecule has 4 aromatic rings. The number of benzene rings is 3. The summed E-state index contributed by atoms with van der Waals surface area (Å²) in [6, 6.07) is 24.4. The van der Waals surface area contributed by atoms with E-state index in [1.807, 2.05) is 60.4 Å². The minimum absolute atomic E-state index is 0.0103. The van der Waals surface area contributed by atoms with Crippen LogP contribution in [0.25, 0.3) is 11.5 Å². The van der Waals surface area contributed by atoms with Crippen molar-refractivity contribution in [3.8, 4) is 17.2 Å². The zero-order valence-corrected chi connectivity index (χ0v) is 24.4. The maximum absolute atomic E-state index is 13.6. The molecule has 2 heterocycles. The molecule has 1 aliphatic carbocycles. The minimum atomic E-state index is -0.560. The Bertz CT molecular complexity index is 1500. The third-order valence-electron chi connectivity index (χ3n) is 8.39. The number of oxazole rings is 1. The second kappa shape index (κ2) is 12.9. The highest BCUT2D eigenvalue weighted by Gasteiger charge is 2.35. The fourth-order valence-corrected chi connectivity index (χ4v) is 6.13. The van der Waals surface area contributed by atoms with Crippen LogP contribution in [0.5, 0.6) is 5.75 Å². The molecule has 0 bridgehead atoms. The number of amides is 1. The molecule has 6 rings (SSSR count). The smallest absolute Gasteiger partial charge is 0.254 e. The van der Waals surface area contributed by atoms with Gasteiger partial charge in [-0.3, -0.25) is 4.79 Å². The topological polar surface area (TPSA) is 74.0 Å². The third-order valence-corrected chi connectivity index (χ3v) is 8.39. The average Bonchev–Trinajstić information content (AvgIpc) is 3.78. The van der Waals surface area contributed by atoms with Gasteiger partial charge in [0.1, 0.15) is 24.3 Å². The number of carbonyl (C=O) groups excluding carboxylic acids is 1. The van der Waals surface area contributed by atoms with Gasteiger partial charge in [0, 0.05) is 25.5 Å². The predicted molar refractivity (Wildman–Crippen MR) is 160 cm³/mol. The molecule has 7 nitrogen and oxygen atoms in total. The van der Waals surface area contributed by atoms with Gasteiger partial charge in [-0.2, -0.15) is 0 Å². The van der Waals surface area contributed by atoms with Gasteiger partial charge < -0.3 is 23.5 Å². The Balaban J connectivity index is 1.10. The first-order valence-electron chi connectivity index (χ1n) is 14.8. The van der Waals surface area contributed by atoms with Crippen LogP contribution in [0.2, 0.25) is 0 Å². The number of fused-ring (bicyclic) bond motifs is 1. The van der Waals surface area contributed by atoms with Crippen molar-refractivity contribution in [2.45, 2.75) is 57.6 Å². The lowest BCUT2D eigenvalue weighted by atomic mass is 9.96. The highest BCUT2D eigenvalue weighted by atomic mass is 16.5. The molecule has 1 amide bonds. The van der Waals surface area contributed by atoms with Crippen LogP contribution in [0.1, 0.15) is 40.1 Å². The predicted octanol–water partition coefficient (Wildman–Crippen LogP) is 5.75. The zero-order chi connectivity index (χ0) is 28.9. The van der Waals surface area contributed by atoms with E-state index in [9.17, 15) is 4.79 Å². The van der Waals surface area contributed by atoms with E-state index in [2.05, 4.69) is 24.3 Å². The van der Waals surface area contributed by atoms with Crippen LogP contribution in [-0.4, -0.2) is 55.0 Å². The van der Waals surface area contributed by atoms with Gasteiger partial charge in [-0.1, -0.05) is 54.6 Å². The van der Waals surface area contributed by atoms with Gasteiger partial charge in [-0.05, 0) is 73.1 Å². The van der Waals surface area contributed by atoms with Crippen molar-refractivity contribution in [2.75, 3.05) is 27.1 Å². The van der Waals surface area contributed by atoms with Crippen LogP contribution in [0.15, 0.2) is 77.2 Å². The van der Waals surface area contributed by atoms with Crippen molar-refractivity contribution in [1.82, 2.24) is 9.88 Å². The van der Waals surface area contributed by atoms with E-state index in [4.69, 9.17) is 23.6 Å². The fourth-order valence-electron chi connectivity index (χ4n) is 6.13. The number of ether oxygens (including phenoxy) is 3. The van der Waals surface area contributed by atoms with E-state index < -0.39 is 6.10 Å². The maximum atomic E-state index is 13.6. The summed E-state index contributed by atoms with van der Waals surface area (Å²) in [6.07, 6.45) is 4.45. The summed E-state index contributed by atoms with van der Waals surface area (Å²) in [5, 5.41) is 0. The molecule has 0 N–H and O–H groups in total. The van der Waals surface area contributed by atoms with E-state index >= 15 is 0 Å². The molecule has 1 saturated heterocycles. The van der Waals surface area contributed by atoms with Crippen LogP contribution >= 0.6 is 0 Å². The molecule has 0 radical (unpaired) electrons. The van der Waals surface area contributed by atoms with Crippen molar-refractivity contribution >= 4 is 5.91 Å². The number of rotatable bonds is 11. The number of aryl methyl sites for hydroxylation is 1. The maximum Gasteiger partial charge on any atom is 0.254 e. The summed E-state index contributed by atoms with van der Waals surface area (Å²) in [5.41, 5.74) is 6.80. The van der Waals surface area contributed by atoms with Gasteiger partial charge in [0.15, 0.2) is 0 Å². The number of hydrogen-bond donors (Lipinski definition) is 0. The van der Waals surface area contributed by atoms with Gasteiger partial charge in [0.2, 0.25) is 5.89 Å². The number of hydrogen-bond acceptors (Lipinski definition) is 6. The molecule has 1 aliphatic heterocycles. The van der Waals surface area contributed by atoms with Crippen molar-refractivity contribution in [1.29, 1.82) is 0 Å². The molecular weight excluding hydrogens is 528 g/mol. The standard InChI is InChI=1S/C35H38N2O5/c1-24-31(36-34(42-24)26-12-7-4-8-13-26)18-19-41-32-17-16-27(29-14-9-15-30(29)32)21-33(39-2)35(38)37-23-40-22-28(37)20-25-10-5-3-6-11-25/h3-8,10-13,16-17,28,33H,9,14-15,18-23H2,1-2H3/t28-,33-/m0/s1. The molecule has 2 aliphatic rings. The van der Waals surface area contributed by atoms with Crippen LogP contribution in [0.4, 0.5) is 0 Å². The molecule has 3 aromatic carbocycles. The molecule has 7 heteroatoms. The monoisotopic (exact) mass is 566 g/mol. The Labute approximate surface area is 247 Å². The summed E-state index contributed by atoms with van der Waals surface area (Å²) in [5.74, 6) is 2.37. The Kier molecular flexibility index (Phi) is 8.68. The highest BCUT2D eigenvalue weighted by Crippen LogP contribution is 2.35. The minimum Gasteiger partial charge on any atom is -0.493 e. The van der Waals surface area contributed by atoms with Crippen molar-refractivity contribution in [3.05, 3.63) is 107 Å². The average molecular weight is 567 g/mol. The Hall–Kier alpha value is -3.94. The van der Waals surface area contributed by atoms with Crippen molar-refractivity contribution in [2.24, 2.45) is 0 Å². The van der Waals surface area contributed by atoms with Crippen molar-refractivity contribution in [3.63, 3.8) is 0 Å². The first kappa shape index (κ1) is 28.2. The Morgan fingerprint density at radius 3 is 2.57 bits per heavy atom. The van der Waals surface area contributed by atoms with E-state index in [0.29, 0.717) is 38.7 Å². The summed E-state index contributed by atoms with van der Waals surface area (Å²) in [7, 11) is 1.62. The largest absolute Gasteiger partial charge is 0.493 e. The number of nitrogens with zero attached hydrogens (tertiary/aromatic N) is 2. The Morgan fingerprint density at radius 2 is 1.79 bits per heavy atom. The fraction of sp³-hybridized carbons (Fsp3) is 0.371. The summed E-state index contributed by atoms with van der Waals surface area (Å²) >= 11 is 0. The quantitative estimate of drug-likeness (QED) is 0.230. The summed E-state index contributed by atoms with van der Waals surface area (Å²) in [4.78, 5) is 20.2. The molecular formula is C35H38N2O5. The van der Waals surface area contributed by atoms with Gasteiger partial charge in [-0.25, -0.2) is 4.98 Å². The van der Waals surface area contributed by atoms with Gasteiger partial charge in [0.05, 0.1) is 24.9 Å². The molecule has 0 saturated carbocycles. The van der Waals surface area contributed by atoms with Crippen LogP contribution in [0, 0.1) is 6.92 Å². The molecule has 0 unspecified atom stereocenters. The van der Waals surface area contributed by atoms with Crippen LogP contribution in [-0.2, 0) is 46.4 Å². The van der Waals surface area contributed by atoms with E-state index in [-0.39, 0.29) is 11.9 Å². The normalized spacial score (nSPS) is 16.9. The van der Waals surface area contributed by atoms with Crippen molar-refractivity contribution < 1.29 is 23.4 Å². The van der Waals surface area contributed by atoms with Crippen LogP contribution < -0.4 is 4.74 Å². The molecule has 218 valence electrons. The number of aromatic nitrogens is 1. The second-order valence-electron chi connectivity index (χ2n) is 11.1. The molecule has 2 atom stereocenters. The molecule has 0 spiro atoms. The highest BCUT2D eigenvalue weighted by molar-refractivity contribution is 5.82. The molecule has 1 fully saturated rings. The van der Waals surface area contributed by atoms with Crippen LogP contribution in [0.3, 0.4) is 0 Å². The first-order chi connectivity index (χ1) is 20.6. The third kappa shape index (κ3) is 6.13. The molecule has 1 aromatic heterocycles. The number of methoxy groups -OCH3 is 1. The first-order valence-corrected chi connectivity index (χ1v) is 14.8. The van der Waals surface area contributed by atoms with Gasteiger partial charge in [-0.15, -0.1) is 0 Å². The van der Waals surface area contributed by atoms with Gasteiger partial charge in [0.25, 0.3) is 5.91 Å². The summed E-state index contributed by atoms with van der Waals surface area (Å²) < 4.78 is 23.7. The second-order valence-corrected chi connectivity index (χ2v) is 11.1. The lowest BCUT2D eigenvalue weighted by Crippen LogP contribution is -2.45. The Morgan fingerprint density at radius 1 is 1.02 bits per heavy atom. The van der Waals surface area contributed by atoms with E-state index in [1.54, 1.807) is 7.11 Å². The van der Waals surface area contributed by atoms with Gasteiger partial charge >= 0.3 is 0 Å². The zero-order valence-electron chi connectivity index (χ0n) is 24.4.